The monoisotopic (exact) mass is 326 g/mol. The summed E-state index contributed by atoms with van der Waals surface area (Å²) >= 11 is 0. The van der Waals surface area contributed by atoms with Gasteiger partial charge in [-0.05, 0) is 24.6 Å². The smallest absolute Gasteiger partial charge is 0.178 e. The summed E-state index contributed by atoms with van der Waals surface area (Å²) in [5, 5.41) is 9.33. The molecule has 1 heterocycles. The Bertz CT molecular complexity index is 732. The zero-order valence-corrected chi connectivity index (χ0v) is 14.3. The van der Waals surface area contributed by atoms with Gasteiger partial charge in [0.1, 0.15) is 17.4 Å². The van der Waals surface area contributed by atoms with Crippen LogP contribution in [0, 0.1) is 16.7 Å². The number of anilines is 1. The molecule has 126 valence electrons. The first-order chi connectivity index (χ1) is 11.4. The maximum absolute atomic E-state index is 12.4. The van der Waals surface area contributed by atoms with Gasteiger partial charge < -0.3 is 14.4 Å². The van der Waals surface area contributed by atoms with Crippen molar-refractivity contribution in [1.29, 1.82) is 5.26 Å². The predicted molar refractivity (Wildman–Crippen MR) is 91.0 cm³/mol. The van der Waals surface area contributed by atoms with Crippen molar-refractivity contribution in [1.82, 2.24) is 0 Å². The van der Waals surface area contributed by atoms with Crippen molar-refractivity contribution in [3.8, 4) is 11.8 Å². The molecule has 0 radical (unpaired) electrons. The molecule has 1 unspecified atom stereocenters. The molecule has 1 atom stereocenters. The fourth-order valence-electron chi connectivity index (χ4n) is 3.68. The van der Waals surface area contributed by atoms with E-state index >= 15 is 0 Å². The Balaban J connectivity index is 1.93. The molecule has 0 saturated carbocycles. The number of carbonyl (C=O) groups is 1. The first kappa shape index (κ1) is 16.5. The van der Waals surface area contributed by atoms with E-state index in [4.69, 9.17) is 9.47 Å². The van der Waals surface area contributed by atoms with Gasteiger partial charge in [-0.25, -0.2) is 0 Å². The maximum Gasteiger partial charge on any atom is 0.178 e. The number of allylic oxidation sites excluding steroid dienone is 1. The highest BCUT2D eigenvalue weighted by atomic mass is 16.5. The second kappa shape index (κ2) is 5.95. The van der Waals surface area contributed by atoms with Crippen LogP contribution in [0.15, 0.2) is 35.9 Å². The lowest BCUT2D eigenvalue weighted by molar-refractivity contribution is -0.130. The van der Waals surface area contributed by atoms with Gasteiger partial charge in [0.15, 0.2) is 5.78 Å². The van der Waals surface area contributed by atoms with Crippen LogP contribution in [0.2, 0.25) is 0 Å². The Labute approximate surface area is 142 Å². The van der Waals surface area contributed by atoms with E-state index in [1.807, 2.05) is 44.2 Å². The van der Waals surface area contributed by atoms with Crippen molar-refractivity contribution in [3.63, 3.8) is 0 Å². The number of nitriles is 1. The quantitative estimate of drug-likeness (QED) is 0.836. The van der Waals surface area contributed by atoms with E-state index in [0.29, 0.717) is 19.6 Å². The largest absolute Gasteiger partial charge is 0.497 e. The van der Waals surface area contributed by atoms with Crippen LogP contribution < -0.4 is 9.64 Å². The number of rotatable bonds is 2. The van der Waals surface area contributed by atoms with Crippen LogP contribution in [0.1, 0.15) is 20.3 Å². The molecule has 1 aromatic carbocycles. The van der Waals surface area contributed by atoms with Gasteiger partial charge in [0.05, 0.1) is 25.8 Å². The molecule has 1 spiro atoms. The van der Waals surface area contributed by atoms with Crippen LogP contribution in [0.4, 0.5) is 5.69 Å². The van der Waals surface area contributed by atoms with Crippen molar-refractivity contribution < 1.29 is 14.3 Å². The number of Topliss-reactive ketones (excluding diaryl/α,β-unsaturated/α-hetero) is 1. The molecule has 0 aromatic heterocycles. The third-order valence-corrected chi connectivity index (χ3v) is 4.76. The normalized spacial score (nSPS) is 26.0. The van der Waals surface area contributed by atoms with Crippen LogP contribution in [-0.2, 0) is 9.53 Å². The lowest BCUT2D eigenvalue weighted by Crippen LogP contribution is -2.55. The molecule has 2 aliphatic rings. The number of carbonyl (C=O) groups excluding carboxylic acids is 1. The highest BCUT2D eigenvalue weighted by molar-refractivity contribution is 6.04. The number of hydrogen-bond donors (Lipinski definition) is 0. The summed E-state index contributed by atoms with van der Waals surface area (Å²) in [4.78, 5) is 14.6. The molecule has 1 aliphatic heterocycles. The lowest BCUT2D eigenvalue weighted by Gasteiger charge is -2.47. The average molecular weight is 326 g/mol. The predicted octanol–water partition coefficient (Wildman–Crippen LogP) is 2.72. The first-order valence-electron chi connectivity index (χ1n) is 8.10. The van der Waals surface area contributed by atoms with Crippen LogP contribution in [-0.4, -0.2) is 38.2 Å². The van der Waals surface area contributed by atoms with Gasteiger partial charge in [0.2, 0.25) is 0 Å². The van der Waals surface area contributed by atoms with Crippen LogP contribution in [0.5, 0.6) is 5.75 Å². The molecular formula is C19H22N2O3. The highest BCUT2D eigenvalue weighted by Crippen LogP contribution is 2.42. The molecule has 0 N–H and O–H groups in total. The number of ketones is 1. The van der Waals surface area contributed by atoms with Gasteiger partial charge in [0.25, 0.3) is 0 Å². The Hall–Kier alpha value is -2.32. The number of methoxy groups -OCH3 is 1. The standard InChI is InChI=1S/C19H22N2O3/c1-18(2)12-19(10-14(11-20)17(18)22)13-21(7-8-24-19)15-5-4-6-16(9-15)23-3/h4-6,9-10H,7-8,12-13H2,1-3H3. The van der Waals surface area contributed by atoms with E-state index in [0.717, 1.165) is 18.0 Å². The van der Waals surface area contributed by atoms with E-state index in [2.05, 4.69) is 4.90 Å². The van der Waals surface area contributed by atoms with Gasteiger partial charge in [0, 0.05) is 23.7 Å². The van der Waals surface area contributed by atoms with Crippen molar-refractivity contribution in [3.05, 3.63) is 35.9 Å². The fourth-order valence-corrected chi connectivity index (χ4v) is 3.68. The maximum atomic E-state index is 12.4. The van der Waals surface area contributed by atoms with Gasteiger partial charge in [-0.3, -0.25) is 4.79 Å². The molecule has 1 fully saturated rings. The summed E-state index contributed by atoms with van der Waals surface area (Å²) < 4.78 is 11.4. The number of ether oxygens (including phenoxy) is 2. The second-order valence-corrected chi connectivity index (χ2v) is 7.10. The molecule has 3 rings (SSSR count). The SMILES string of the molecule is COc1cccc(N2CCOC3(C=C(C#N)C(=O)C(C)(C)C3)C2)c1. The van der Waals surface area contributed by atoms with Crippen molar-refractivity contribution in [2.24, 2.45) is 5.41 Å². The van der Waals surface area contributed by atoms with E-state index in [9.17, 15) is 10.1 Å². The van der Waals surface area contributed by atoms with Crippen molar-refractivity contribution >= 4 is 11.5 Å². The van der Waals surface area contributed by atoms with Crippen LogP contribution in [0.3, 0.4) is 0 Å². The summed E-state index contributed by atoms with van der Waals surface area (Å²) in [6.07, 6.45) is 2.30. The number of benzene rings is 1. The molecular weight excluding hydrogens is 304 g/mol. The minimum atomic E-state index is -0.607. The van der Waals surface area contributed by atoms with Gasteiger partial charge in [-0.2, -0.15) is 5.26 Å². The van der Waals surface area contributed by atoms with E-state index in [-0.39, 0.29) is 11.4 Å². The molecule has 5 nitrogen and oxygen atoms in total. The minimum absolute atomic E-state index is 0.0993. The van der Waals surface area contributed by atoms with E-state index < -0.39 is 11.0 Å². The third kappa shape index (κ3) is 2.90. The summed E-state index contributed by atoms with van der Waals surface area (Å²) in [5.74, 6) is 0.707. The van der Waals surface area contributed by atoms with E-state index in [1.165, 1.54) is 0 Å². The van der Waals surface area contributed by atoms with Crippen LogP contribution >= 0.6 is 0 Å². The van der Waals surface area contributed by atoms with Crippen molar-refractivity contribution in [2.75, 3.05) is 31.7 Å². The molecule has 1 aliphatic carbocycles. The van der Waals surface area contributed by atoms with Gasteiger partial charge in [-0.1, -0.05) is 19.9 Å². The Morgan fingerprint density at radius 1 is 1.38 bits per heavy atom. The second-order valence-electron chi connectivity index (χ2n) is 7.10. The summed E-state index contributed by atoms with van der Waals surface area (Å²) in [5.41, 5.74) is 0.0541. The summed E-state index contributed by atoms with van der Waals surface area (Å²) in [6, 6.07) is 9.95. The van der Waals surface area contributed by atoms with Gasteiger partial charge >= 0.3 is 0 Å². The number of morpholine rings is 1. The molecule has 0 amide bonds. The van der Waals surface area contributed by atoms with Crippen molar-refractivity contribution in [2.45, 2.75) is 25.9 Å². The number of hydrogen-bond acceptors (Lipinski definition) is 5. The van der Waals surface area contributed by atoms with Crippen LogP contribution in [0.25, 0.3) is 0 Å². The first-order valence-corrected chi connectivity index (χ1v) is 8.10. The minimum Gasteiger partial charge on any atom is -0.497 e. The number of nitrogens with zero attached hydrogens (tertiary/aromatic N) is 2. The Morgan fingerprint density at radius 2 is 2.17 bits per heavy atom. The molecule has 0 bridgehead atoms. The molecule has 1 saturated heterocycles. The molecule has 5 heteroatoms. The Kier molecular flexibility index (Phi) is 4.10. The Morgan fingerprint density at radius 3 is 2.88 bits per heavy atom. The topological polar surface area (TPSA) is 62.6 Å². The lowest BCUT2D eigenvalue weighted by atomic mass is 9.69. The average Bonchev–Trinajstić information content (AvgIpc) is 2.58. The molecule has 24 heavy (non-hydrogen) atoms. The highest BCUT2D eigenvalue weighted by Gasteiger charge is 2.48. The zero-order valence-electron chi connectivity index (χ0n) is 14.3. The summed E-state index contributed by atoms with van der Waals surface area (Å²) in [7, 11) is 1.65. The fraction of sp³-hybridized carbons (Fsp3) is 0.474. The molecule has 1 aromatic rings. The third-order valence-electron chi connectivity index (χ3n) is 4.76. The summed E-state index contributed by atoms with van der Waals surface area (Å²) in [6.45, 7) is 5.70. The van der Waals surface area contributed by atoms with E-state index in [1.54, 1.807) is 13.2 Å². The zero-order chi connectivity index (χ0) is 17.4. The van der Waals surface area contributed by atoms with Gasteiger partial charge in [-0.15, -0.1) is 0 Å².